The lowest BCUT2D eigenvalue weighted by Crippen LogP contribution is -2.48. The molecule has 38 heavy (non-hydrogen) atoms. The fourth-order valence-corrected chi connectivity index (χ4v) is 7.96. The summed E-state index contributed by atoms with van der Waals surface area (Å²) in [5.74, 6) is -0.246. The highest BCUT2D eigenvalue weighted by atomic mass is 35.5. The highest BCUT2D eigenvalue weighted by Gasteiger charge is 2.42. The number of carbonyl (C=O) groups excluding carboxylic acids is 1. The summed E-state index contributed by atoms with van der Waals surface area (Å²) in [7, 11) is -3.87. The third kappa shape index (κ3) is 5.72. The van der Waals surface area contributed by atoms with Crippen LogP contribution in [0.2, 0.25) is 10.0 Å². The van der Waals surface area contributed by atoms with Gasteiger partial charge in [0.2, 0.25) is 15.9 Å². The molecule has 3 heterocycles. The van der Waals surface area contributed by atoms with Crippen LogP contribution in [0, 0.1) is 6.92 Å². The standard InChI is InChI=1S/C26H30Cl2N4O4S2/c1-18-21(28)9-10-23-24(18)29-26(37-23)31(12-3-11-30-14-16-36-17-15-30)25(33)22-4-2-13-32(22)38(34,35)20-7-5-19(27)6-8-20/h5-10,22H,2-4,11-17H2,1H3. The van der Waals surface area contributed by atoms with E-state index in [2.05, 4.69) is 4.90 Å². The van der Waals surface area contributed by atoms with Crippen molar-refractivity contribution < 1.29 is 17.9 Å². The van der Waals surface area contributed by atoms with Gasteiger partial charge in [-0.3, -0.25) is 14.6 Å². The number of amides is 1. The number of halogens is 2. The average molecular weight is 598 g/mol. The van der Waals surface area contributed by atoms with E-state index in [1.165, 1.54) is 27.8 Å². The molecule has 2 aromatic carbocycles. The van der Waals surface area contributed by atoms with Crippen molar-refractivity contribution in [2.45, 2.75) is 37.1 Å². The van der Waals surface area contributed by atoms with Gasteiger partial charge in [-0.25, -0.2) is 13.4 Å². The van der Waals surface area contributed by atoms with Crippen molar-refractivity contribution in [3.05, 3.63) is 52.0 Å². The fourth-order valence-electron chi connectivity index (χ4n) is 4.98. The van der Waals surface area contributed by atoms with Crippen LogP contribution in [-0.4, -0.2) is 80.5 Å². The molecule has 2 saturated heterocycles. The van der Waals surface area contributed by atoms with Gasteiger partial charge < -0.3 is 4.74 Å². The second-order valence-electron chi connectivity index (χ2n) is 9.54. The number of thiazole rings is 1. The molecular weight excluding hydrogens is 567 g/mol. The molecule has 2 aliphatic heterocycles. The Bertz CT molecular complexity index is 1410. The molecule has 1 unspecified atom stereocenters. The van der Waals surface area contributed by atoms with Crippen LogP contribution in [0.3, 0.4) is 0 Å². The Labute approximate surface area is 237 Å². The molecule has 0 radical (unpaired) electrons. The molecule has 8 nitrogen and oxygen atoms in total. The number of morpholine rings is 1. The first-order valence-electron chi connectivity index (χ1n) is 12.7. The first-order valence-corrected chi connectivity index (χ1v) is 15.7. The van der Waals surface area contributed by atoms with E-state index in [0.717, 1.165) is 41.8 Å². The summed E-state index contributed by atoms with van der Waals surface area (Å²) in [5, 5.41) is 1.64. The van der Waals surface area contributed by atoms with Crippen molar-refractivity contribution in [2.75, 3.05) is 50.8 Å². The van der Waals surface area contributed by atoms with Gasteiger partial charge in [-0.15, -0.1) is 0 Å². The second kappa shape index (κ2) is 11.8. The quantitative estimate of drug-likeness (QED) is 0.371. The lowest BCUT2D eigenvalue weighted by Gasteiger charge is -2.30. The minimum Gasteiger partial charge on any atom is -0.379 e. The maximum atomic E-state index is 14.1. The maximum absolute atomic E-state index is 14.1. The number of ether oxygens (including phenoxy) is 1. The number of fused-ring (bicyclic) bond motifs is 1. The zero-order chi connectivity index (χ0) is 26.9. The van der Waals surface area contributed by atoms with Crippen LogP contribution in [0.1, 0.15) is 24.8 Å². The van der Waals surface area contributed by atoms with E-state index >= 15 is 0 Å². The van der Waals surface area contributed by atoms with E-state index in [4.69, 9.17) is 32.9 Å². The van der Waals surface area contributed by atoms with Crippen molar-refractivity contribution in [3.8, 4) is 0 Å². The zero-order valence-electron chi connectivity index (χ0n) is 21.1. The molecule has 3 aromatic rings. The Morgan fingerprint density at radius 1 is 1.13 bits per heavy atom. The summed E-state index contributed by atoms with van der Waals surface area (Å²) in [6, 6.07) is 9.02. The monoisotopic (exact) mass is 596 g/mol. The molecule has 0 bridgehead atoms. The van der Waals surface area contributed by atoms with Crippen LogP contribution in [-0.2, 0) is 19.6 Å². The number of hydrogen-bond donors (Lipinski definition) is 0. The van der Waals surface area contributed by atoms with Crippen molar-refractivity contribution in [3.63, 3.8) is 0 Å². The topological polar surface area (TPSA) is 83.0 Å². The van der Waals surface area contributed by atoms with Crippen molar-refractivity contribution in [2.24, 2.45) is 0 Å². The number of hydrogen-bond acceptors (Lipinski definition) is 7. The molecule has 12 heteroatoms. The lowest BCUT2D eigenvalue weighted by molar-refractivity contribution is -0.121. The van der Waals surface area contributed by atoms with Gasteiger partial charge in [0.25, 0.3) is 0 Å². The number of rotatable bonds is 8. The van der Waals surface area contributed by atoms with Gasteiger partial charge in [-0.05, 0) is 68.1 Å². The summed E-state index contributed by atoms with van der Waals surface area (Å²) >= 11 is 13.7. The molecule has 1 amide bonds. The van der Waals surface area contributed by atoms with E-state index in [-0.39, 0.29) is 17.3 Å². The molecule has 0 spiro atoms. The summed E-state index contributed by atoms with van der Waals surface area (Å²) in [6.07, 6.45) is 1.80. The maximum Gasteiger partial charge on any atom is 0.247 e. The Kier molecular flexibility index (Phi) is 8.59. The SMILES string of the molecule is Cc1c(Cl)ccc2sc(N(CCCN3CCOCC3)C(=O)C3CCCN3S(=O)(=O)c3ccc(Cl)cc3)nc12. The minimum absolute atomic E-state index is 0.130. The van der Waals surface area contributed by atoms with Crippen molar-refractivity contribution in [1.82, 2.24) is 14.2 Å². The molecular formula is C26H30Cl2N4O4S2. The van der Waals surface area contributed by atoms with Gasteiger partial charge in [-0.1, -0.05) is 34.5 Å². The van der Waals surface area contributed by atoms with Gasteiger partial charge in [0.15, 0.2) is 5.13 Å². The minimum atomic E-state index is -3.87. The number of aromatic nitrogens is 1. The summed E-state index contributed by atoms with van der Waals surface area (Å²) < 4.78 is 34.8. The fraction of sp³-hybridized carbons (Fsp3) is 0.462. The molecule has 1 aromatic heterocycles. The predicted octanol–water partition coefficient (Wildman–Crippen LogP) is 4.82. The van der Waals surface area contributed by atoms with E-state index in [9.17, 15) is 13.2 Å². The van der Waals surface area contributed by atoms with E-state index < -0.39 is 16.1 Å². The Morgan fingerprint density at radius 3 is 2.61 bits per heavy atom. The van der Waals surface area contributed by atoms with Crippen LogP contribution in [0.5, 0.6) is 0 Å². The zero-order valence-corrected chi connectivity index (χ0v) is 24.3. The van der Waals surface area contributed by atoms with Crippen molar-refractivity contribution >= 4 is 65.8 Å². The third-order valence-electron chi connectivity index (χ3n) is 7.10. The largest absolute Gasteiger partial charge is 0.379 e. The Balaban J connectivity index is 1.43. The average Bonchev–Trinajstić information content (AvgIpc) is 3.58. The summed E-state index contributed by atoms with van der Waals surface area (Å²) in [5.41, 5.74) is 1.63. The van der Waals surface area contributed by atoms with Crippen LogP contribution >= 0.6 is 34.5 Å². The number of carbonyl (C=O) groups is 1. The van der Waals surface area contributed by atoms with E-state index in [0.29, 0.717) is 47.8 Å². The normalized spacial score (nSPS) is 19.3. The van der Waals surface area contributed by atoms with Crippen LogP contribution in [0.15, 0.2) is 41.3 Å². The van der Waals surface area contributed by atoms with Gasteiger partial charge in [-0.2, -0.15) is 4.31 Å². The van der Waals surface area contributed by atoms with Crippen LogP contribution < -0.4 is 4.90 Å². The molecule has 2 aliphatic rings. The van der Waals surface area contributed by atoms with Gasteiger partial charge in [0, 0.05) is 42.8 Å². The highest BCUT2D eigenvalue weighted by Crippen LogP contribution is 2.35. The highest BCUT2D eigenvalue weighted by molar-refractivity contribution is 7.89. The number of nitrogens with zero attached hydrogens (tertiary/aromatic N) is 4. The number of aryl methyl sites for hydroxylation is 1. The smallest absolute Gasteiger partial charge is 0.247 e. The lowest BCUT2D eigenvalue weighted by atomic mass is 10.2. The van der Waals surface area contributed by atoms with E-state index in [1.54, 1.807) is 17.0 Å². The Morgan fingerprint density at radius 2 is 1.87 bits per heavy atom. The van der Waals surface area contributed by atoms with Gasteiger partial charge in [0.05, 0.1) is 28.3 Å². The summed E-state index contributed by atoms with van der Waals surface area (Å²) in [4.78, 5) is 23.0. The van der Waals surface area contributed by atoms with Gasteiger partial charge in [0.1, 0.15) is 6.04 Å². The molecule has 2 fully saturated rings. The van der Waals surface area contributed by atoms with Crippen LogP contribution in [0.25, 0.3) is 10.2 Å². The predicted molar refractivity (Wildman–Crippen MR) is 152 cm³/mol. The summed E-state index contributed by atoms with van der Waals surface area (Å²) in [6.45, 7) is 6.60. The first kappa shape index (κ1) is 27.8. The van der Waals surface area contributed by atoms with Gasteiger partial charge >= 0.3 is 0 Å². The number of anilines is 1. The first-order chi connectivity index (χ1) is 18.3. The molecule has 5 rings (SSSR count). The molecule has 0 N–H and O–H groups in total. The van der Waals surface area contributed by atoms with Crippen molar-refractivity contribution in [1.29, 1.82) is 0 Å². The molecule has 0 saturated carbocycles. The molecule has 1 atom stereocenters. The molecule has 204 valence electrons. The number of benzene rings is 2. The third-order valence-corrected chi connectivity index (χ3v) is 10.7. The number of sulfonamides is 1. The van der Waals surface area contributed by atoms with Crippen LogP contribution in [0.4, 0.5) is 5.13 Å². The molecule has 0 aliphatic carbocycles. The second-order valence-corrected chi connectivity index (χ2v) is 13.3. The van der Waals surface area contributed by atoms with E-state index in [1.807, 2.05) is 19.1 Å². The Hall–Kier alpha value is -1.79.